The Morgan fingerprint density at radius 1 is 0.926 bits per heavy atom. The summed E-state index contributed by atoms with van der Waals surface area (Å²) in [7, 11) is 0. The summed E-state index contributed by atoms with van der Waals surface area (Å²) in [6.07, 6.45) is 0. The highest BCUT2D eigenvalue weighted by Crippen LogP contribution is 2.29. The number of carbonyl (C=O) groups is 1. The minimum atomic E-state index is -1.05. The summed E-state index contributed by atoms with van der Waals surface area (Å²) in [6, 6.07) is 20.2. The minimum Gasteiger partial charge on any atom is -0.478 e. The van der Waals surface area contributed by atoms with Crippen LogP contribution < -0.4 is 0 Å². The van der Waals surface area contributed by atoms with Crippen LogP contribution in [0.2, 0.25) is 5.02 Å². The Kier molecular flexibility index (Phi) is 4.34. The van der Waals surface area contributed by atoms with Crippen molar-refractivity contribution in [3.05, 3.63) is 89.2 Å². The standard InChI is InChI=1S/C22H13ClFNO2/c23-15-9-10-20-17(11-15)18(22(26)27)12-21(25-20)14-7-5-13(6-8-14)16-3-1-2-4-19(16)24/h1-12H,(H,26,27). The van der Waals surface area contributed by atoms with Gasteiger partial charge >= 0.3 is 5.97 Å². The molecule has 0 radical (unpaired) electrons. The first-order valence-corrected chi connectivity index (χ1v) is 8.59. The highest BCUT2D eigenvalue weighted by molar-refractivity contribution is 6.31. The summed E-state index contributed by atoms with van der Waals surface area (Å²) >= 11 is 5.99. The summed E-state index contributed by atoms with van der Waals surface area (Å²) in [5.74, 6) is -1.34. The van der Waals surface area contributed by atoms with E-state index in [1.165, 1.54) is 12.1 Å². The van der Waals surface area contributed by atoms with E-state index < -0.39 is 5.97 Å². The molecule has 0 spiro atoms. The maximum Gasteiger partial charge on any atom is 0.336 e. The van der Waals surface area contributed by atoms with Crippen molar-refractivity contribution in [3.8, 4) is 22.4 Å². The second-order valence-corrected chi connectivity index (χ2v) is 6.52. The molecular formula is C22H13ClFNO2. The summed E-state index contributed by atoms with van der Waals surface area (Å²) in [4.78, 5) is 16.2. The van der Waals surface area contributed by atoms with Crippen molar-refractivity contribution in [1.29, 1.82) is 0 Å². The average Bonchev–Trinajstić information content (AvgIpc) is 2.67. The third-order valence-electron chi connectivity index (χ3n) is 4.37. The number of hydrogen-bond acceptors (Lipinski definition) is 2. The molecule has 132 valence electrons. The van der Waals surface area contributed by atoms with E-state index >= 15 is 0 Å². The Bertz CT molecular complexity index is 1170. The zero-order valence-corrected chi connectivity index (χ0v) is 14.7. The lowest BCUT2D eigenvalue weighted by Crippen LogP contribution is -2.00. The van der Waals surface area contributed by atoms with Gasteiger partial charge in [0.15, 0.2) is 0 Å². The number of benzene rings is 3. The van der Waals surface area contributed by atoms with E-state index in [2.05, 4.69) is 4.98 Å². The topological polar surface area (TPSA) is 50.2 Å². The second-order valence-electron chi connectivity index (χ2n) is 6.08. The van der Waals surface area contributed by atoms with E-state index in [9.17, 15) is 14.3 Å². The number of fused-ring (bicyclic) bond motifs is 1. The molecule has 4 rings (SSSR count). The largest absolute Gasteiger partial charge is 0.478 e. The van der Waals surface area contributed by atoms with Gasteiger partial charge in [-0.3, -0.25) is 0 Å². The number of nitrogens with zero attached hydrogens (tertiary/aromatic N) is 1. The quantitative estimate of drug-likeness (QED) is 0.472. The molecule has 0 aliphatic rings. The molecule has 3 nitrogen and oxygen atoms in total. The Morgan fingerprint density at radius 3 is 2.33 bits per heavy atom. The van der Waals surface area contributed by atoms with Gasteiger partial charge in [-0.1, -0.05) is 54.1 Å². The van der Waals surface area contributed by atoms with E-state index in [-0.39, 0.29) is 11.4 Å². The van der Waals surface area contributed by atoms with Crippen LogP contribution >= 0.6 is 11.6 Å². The lowest BCUT2D eigenvalue weighted by Gasteiger charge is -2.09. The zero-order valence-electron chi connectivity index (χ0n) is 14.0. The van der Waals surface area contributed by atoms with Crippen molar-refractivity contribution in [1.82, 2.24) is 4.98 Å². The van der Waals surface area contributed by atoms with Crippen LogP contribution in [0, 0.1) is 5.82 Å². The monoisotopic (exact) mass is 377 g/mol. The number of rotatable bonds is 3. The molecule has 0 unspecified atom stereocenters. The predicted molar refractivity (Wildman–Crippen MR) is 105 cm³/mol. The Morgan fingerprint density at radius 2 is 1.63 bits per heavy atom. The number of pyridine rings is 1. The van der Waals surface area contributed by atoms with Crippen LogP contribution in [0.25, 0.3) is 33.3 Å². The van der Waals surface area contributed by atoms with Crippen molar-refractivity contribution in [2.24, 2.45) is 0 Å². The molecule has 1 heterocycles. The fourth-order valence-corrected chi connectivity index (χ4v) is 3.21. The van der Waals surface area contributed by atoms with E-state index in [1.807, 2.05) is 0 Å². The maximum atomic E-state index is 14.0. The highest BCUT2D eigenvalue weighted by Gasteiger charge is 2.14. The van der Waals surface area contributed by atoms with Crippen molar-refractivity contribution in [2.75, 3.05) is 0 Å². The van der Waals surface area contributed by atoms with E-state index in [0.29, 0.717) is 27.2 Å². The molecule has 3 aromatic carbocycles. The fourth-order valence-electron chi connectivity index (χ4n) is 3.04. The van der Waals surface area contributed by atoms with Crippen molar-refractivity contribution in [3.63, 3.8) is 0 Å². The Labute approximate surface area is 159 Å². The van der Waals surface area contributed by atoms with Gasteiger partial charge in [-0.25, -0.2) is 14.2 Å². The van der Waals surface area contributed by atoms with Gasteiger partial charge in [-0.15, -0.1) is 0 Å². The minimum absolute atomic E-state index is 0.135. The third kappa shape index (κ3) is 3.27. The smallest absolute Gasteiger partial charge is 0.336 e. The molecule has 1 N–H and O–H groups in total. The number of aromatic nitrogens is 1. The predicted octanol–water partition coefficient (Wildman–Crippen LogP) is 6.06. The summed E-state index contributed by atoms with van der Waals surface area (Å²) in [5.41, 5.74) is 3.21. The summed E-state index contributed by atoms with van der Waals surface area (Å²) < 4.78 is 14.0. The van der Waals surface area contributed by atoms with Crippen molar-refractivity contribution in [2.45, 2.75) is 0 Å². The van der Waals surface area contributed by atoms with Crippen LogP contribution in [0.5, 0.6) is 0 Å². The van der Waals surface area contributed by atoms with E-state index in [0.717, 1.165) is 11.1 Å². The number of hydrogen-bond donors (Lipinski definition) is 1. The van der Waals surface area contributed by atoms with Crippen LogP contribution in [0.4, 0.5) is 4.39 Å². The fraction of sp³-hybridized carbons (Fsp3) is 0. The van der Waals surface area contributed by atoms with Gasteiger partial charge in [0.1, 0.15) is 5.82 Å². The average molecular weight is 378 g/mol. The van der Waals surface area contributed by atoms with Crippen LogP contribution in [0.15, 0.2) is 72.8 Å². The molecule has 0 amide bonds. The van der Waals surface area contributed by atoms with Crippen molar-refractivity contribution >= 4 is 28.5 Å². The molecule has 27 heavy (non-hydrogen) atoms. The summed E-state index contributed by atoms with van der Waals surface area (Å²) in [6.45, 7) is 0. The van der Waals surface area contributed by atoms with Gasteiger partial charge in [0.25, 0.3) is 0 Å². The van der Waals surface area contributed by atoms with Gasteiger partial charge in [0.2, 0.25) is 0 Å². The highest BCUT2D eigenvalue weighted by atomic mass is 35.5. The molecule has 0 saturated heterocycles. The molecule has 0 aliphatic heterocycles. The van der Waals surface area contributed by atoms with Gasteiger partial charge in [-0.2, -0.15) is 0 Å². The van der Waals surface area contributed by atoms with Crippen LogP contribution in [0.1, 0.15) is 10.4 Å². The maximum absolute atomic E-state index is 14.0. The molecule has 0 atom stereocenters. The van der Waals surface area contributed by atoms with Crippen LogP contribution in [-0.4, -0.2) is 16.1 Å². The van der Waals surface area contributed by atoms with E-state index in [1.54, 1.807) is 60.7 Å². The number of carboxylic acids is 1. The molecule has 0 fully saturated rings. The third-order valence-corrected chi connectivity index (χ3v) is 4.60. The SMILES string of the molecule is O=C(O)c1cc(-c2ccc(-c3ccccc3F)cc2)nc2ccc(Cl)cc12. The normalized spacial score (nSPS) is 10.9. The lowest BCUT2D eigenvalue weighted by atomic mass is 10.0. The van der Waals surface area contributed by atoms with Gasteiger partial charge in [-0.05, 0) is 35.9 Å². The molecule has 4 aromatic rings. The van der Waals surface area contributed by atoms with Crippen LogP contribution in [0.3, 0.4) is 0 Å². The first kappa shape index (κ1) is 17.2. The Balaban J connectivity index is 1.82. The first-order chi connectivity index (χ1) is 13.0. The van der Waals surface area contributed by atoms with Gasteiger partial charge in [0, 0.05) is 21.5 Å². The molecule has 5 heteroatoms. The molecule has 0 bridgehead atoms. The molecule has 1 aromatic heterocycles. The van der Waals surface area contributed by atoms with Crippen molar-refractivity contribution < 1.29 is 14.3 Å². The first-order valence-electron chi connectivity index (χ1n) is 8.22. The Hall–Kier alpha value is -3.24. The number of halogens is 2. The zero-order chi connectivity index (χ0) is 19.0. The molecule has 0 saturated carbocycles. The van der Waals surface area contributed by atoms with E-state index in [4.69, 9.17) is 11.6 Å². The second kappa shape index (κ2) is 6.82. The molecular weight excluding hydrogens is 365 g/mol. The van der Waals surface area contributed by atoms with Crippen LogP contribution in [-0.2, 0) is 0 Å². The molecule has 0 aliphatic carbocycles. The van der Waals surface area contributed by atoms with Gasteiger partial charge in [0.05, 0.1) is 16.8 Å². The number of aromatic carboxylic acids is 1. The van der Waals surface area contributed by atoms with Gasteiger partial charge < -0.3 is 5.11 Å². The number of carboxylic acid groups (broad SMARTS) is 1. The lowest BCUT2D eigenvalue weighted by molar-refractivity contribution is 0.0699. The summed E-state index contributed by atoms with van der Waals surface area (Å²) in [5, 5.41) is 10.5.